The minimum absolute atomic E-state index is 0.268. The van der Waals surface area contributed by atoms with E-state index in [0.717, 1.165) is 33.4 Å². The maximum atomic E-state index is 12.8. The minimum Gasteiger partial charge on any atom is -0.481 e. The van der Waals surface area contributed by atoms with Gasteiger partial charge < -0.3 is 10.4 Å². The lowest BCUT2D eigenvalue weighted by molar-refractivity contribution is -0.138. The summed E-state index contributed by atoms with van der Waals surface area (Å²) >= 11 is 3.51. The highest BCUT2D eigenvalue weighted by molar-refractivity contribution is 9.10. The molecular formula is C21H19BrF3N3O2. The van der Waals surface area contributed by atoms with Crippen molar-refractivity contribution < 1.29 is 23.1 Å². The fourth-order valence-electron chi connectivity index (χ4n) is 3.17. The maximum absolute atomic E-state index is 12.8. The van der Waals surface area contributed by atoms with Crippen LogP contribution >= 0.6 is 15.9 Å². The summed E-state index contributed by atoms with van der Waals surface area (Å²) in [5.41, 5.74) is 2.16. The summed E-state index contributed by atoms with van der Waals surface area (Å²) in [5.74, 6) is -1.05. The zero-order valence-electron chi connectivity index (χ0n) is 15.9. The minimum atomic E-state index is -4.44. The van der Waals surface area contributed by atoms with E-state index < -0.39 is 23.8 Å². The van der Waals surface area contributed by atoms with Gasteiger partial charge in [0.15, 0.2) is 0 Å². The number of aryl methyl sites for hydroxylation is 1. The van der Waals surface area contributed by atoms with E-state index in [-0.39, 0.29) is 6.42 Å². The number of carboxylic acid groups (broad SMARTS) is 1. The Labute approximate surface area is 179 Å². The molecule has 9 heteroatoms. The summed E-state index contributed by atoms with van der Waals surface area (Å²) in [6.45, 7) is 0.295. The van der Waals surface area contributed by atoms with Crippen molar-refractivity contribution in [1.82, 2.24) is 15.1 Å². The topological polar surface area (TPSA) is 67.2 Å². The first kappa shape index (κ1) is 22.0. The quantitative estimate of drug-likeness (QED) is 0.488. The highest BCUT2D eigenvalue weighted by atomic mass is 79.9. The third-order valence-corrected chi connectivity index (χ3v) is 5.28. The van der Waals surface area contributed by atoms with Crippen LogP contribution in [0.15, 0.2) is 59.2 Å². The molecule has 1 atom stereocenters. The maximum Gasteiger partial charge on any atom is 0.416 e. The van der Waals surface area contributed by atoms with Gasteiger partial charge in [-0.15, -0.1) is 0 Å². The average Bonchev–Trinajstić information content (AvgIpc) is 3.05. The van der Waals surface area contributed by atoms with E-state index in [1.165, 1.54) is 12.1 Å². The van der Waals surface area contributed by atoms with Crippen LogP contribution in [0.5, 0.6) is 0 Å². The fourth-order valence-corrected chi connectivity index (χ4v) is 3.64. The first-order valence-electron chi connectivity index (χ1n) is 9.05. The van der Waals surface area contributed by atoms with Crippen LogP contribution < -0.4 is 5.32 Å². The summed E-state index contributed by atoms with van der Waals surface area (Å²) in [7, 11) is 1.79. The number of nitrogens with one attached hydrogen (secondary N) is 1. The van der Waals surface area contributed by atoms with Crippen LogP contribution in [-0.2, 0) is 24.6 Å². The van der Waals surface area contributed by atoms with E-state index in [1.807, 2.05) is 30.5 Å². The molecule has 0 aliphatic rings. The Bertz CT molecular complexity index is 1030. The third-order valence-electron chi connectivity index (χ3n) is 4.59. The Morgan fingerprint density at radius 2 is 1.87 bits per heavy atom. The number of benzene rings is 2. The van der Waals surface area contributed by atoms with Crippen molar-refractivity contribution in [2.24, 2.45) is 7.05 Å². The Morgan fingerprint density at radius 3 is 2.47 bits per heavy atom. The van der Waals surface area contributed by atoms with Crippen molar-refractivity contribution in [3.8, 4) is 11.3 Å². The fraction of sp³-hybridized carbons (Fsp3) is 0.238. The van der Waals surface area contributed by atoms with Gasteiger partial charge in [-0.3, -0.25) is 9.48 Å². The molecule has 0 fully saturated rings. The van der Waals surface area contributed by atoms with Gasteiger partial charge in [-0.2, -0.15) is 18.3 Å². The number of halogens is 4. The Morgan fingerprint density at radius 1 is 1.20 bits per heavy atom. The van der Waals surface area contributed by atoms with E-state index in [2.05, 4.69) is 26.3 Å². The normalized spacial score (nSPS) is 12.7. The molecule has 2 aromatic carbocycles. The van der Waals surface area contributed by atoms with E-state index in [4.69, 9.17) is 0 Å². The molecule has 0 aliphatic heterocycles. The monoisotopic (exact) mass is 481 g/mol. The smallest absolute Gasteiger partial charge is 0.416 e. The van der Waals surface area contributed by atoms with Crippen molar-refractivity contribution in [3.63, 3.8) is 0 Å². The highest BCUT2D eigenvalue weighted by Gasteiger charge is 2.30. The van der Waals surface area contributed by atoms with Gasteiger partial charge >= 0.3 is 12.1 Å². The van der Waals surface area contributed by atoms with Gasteiger partial charge in [-0.25, -0.2) is 0 Å². The first-order chi connectivity index (χ1) is 14.1. The molecule has 1 heterocycles. The van der Waals surface area contributed by atoms with Crippen LogP contribution in [0, 0.1) is 0 Å². The molecule has 3 rings (SSSR count). The molecule has 0 amide bonds. The number of nitrogens with zero attached hydrogens (tertiary/aromatic N) is 2. The average molecular weight is 482 g/mol. The predicted molar refractivity (Wildman–Crippen MR) is 110 cm³/mol. The number of hydrogen-bond donors (Lipinski definition) is 2. The van der Waals surface area contributed by atoms with Crippen molar-refractivity contribution in [2.75, 3.05) is 0 Å². The van der Waals surface area contributed by atoms with Crippen LogP contribution in [0.2, 0.25) is 0 Å². The molecule has 158 valence electrons. The lowest BCUT2D eigenvalue weighted by atomic mass is 10.0. The molecule has 0 spiro atoms. The third kappa shape index (κ3) is 5.28. The van der Waals surface area contributed by atoms with Gasteiger partial charge in [0.1, 0.15) is 0 Å². The second-order valence-corrected chi connectivity index (χ2v) is 7.66. The molecule has 0 bridgehead atoms. The van der Waals surface area contributed by atoms with Gasteiger partial charge in [0, 0.05) is 41.4 Å². The van der Waals surface area contributed by atoms with Crippen molar-refractivity contribution in [2.45, 2.75) is 25.2 Å². The molecule has 3 aromatic rings. The van der Waals surface area contributed by atoms with Gasteiger partial charge in [-0.1, -0.05) is 46.3 Å². The van der Waals surface area contributed by atoms with Gasteiger partial charge in [0.2, 0.25) is 0 Å². The summed E-state index contributed by atoms with van der Waals surface area (Å²) in [6.07, 6.45) is -2.88. The zero-order valence-corrected chi connectivity index (χ0v) is 17.5. The molecule has 1 unspecified atom stereocenters. The molecule has 2 N–H and O–H groups in total. The largest absolute Gasteiger partial charge is 0.481 e. The van der Waals surface area contributed by atoms with Crippen LogP contribution in [-0.4, -0.2) is 20.9 Å². The van der Waals surface area contributed by atoms with Crippen LogP contribution in [0.3, 0.4) is 0 Å². The van der Waals surface area contributed by atoms with E-state index in [0.29, 0.717) is 12.1 Å². The van der Waals surface area contributed by atoms with Crippen LogP contribution in [0.4, 0.5) is 13.2 Å². The van der Waals surface area contributed by atoms with E-state index in [9.17, 15) is 23.1 Å². The van der Waals surface area contributed by atoms with E-state index >= 15 is 0 Å². The molecule has 0 saturated heterocycles. The molecular weight excluding hydrogens is 463 g/mol. The van der Waals surface area contributed by atoms with Gasteiger partial charge in [0.05, 0.1) is 17.7 Å². The summed E-state index contributed by atoms with van der Waals surface area (Å²) in [6, 6.07) is 11.5. The summed E-state index contributed by atoms with van der Waals surface area (Å²) in [4.78, 5) is 11.3. The number of hydrogen-bond acceptors (Lipinski definition) is 3. The number of aliphatic carboxylic acids is 1. The predicted octanol–water partition coefficient (Wildman–Crippen LogP) is 5.17. The lowest BCUT2D eigenvalue weighted by Gasteiger charge is -2.18. The van der Waals surface area contributed by atoms with E-state index in [1.54, 1.807) is 11.7 Å². The van der Waals surface area contributed by atoms with Crippen LogP contribution in [0.25, 0.3) is 11.3 Å². The highest BCUT2D eigenvalue weighted by Crippen LogP contribution is 2.32. The number of carbonyl (C=O) groups is 1. The second kappa shape index (κ2) is 9.01. The Balaban J connectivity index is 1.84. The molecule has 1 aromatic heterocycles. The summed E-state index contributed by atoms with van der Waals surface area (Å²) in [5, 5.41) is 16.9. The zero-order chi connectivity index (χ0) is 21.9. The number of aromatic nitrogens is 2. The molecule has 0 saturated carbocycles. The number of rotatable bonds is 7. The Hall–Kier alpha value is -2.65. The summed E-state index contributed by atoms with van der Waals surface area (Å²) < 4.78 is 41.0. The molecule has 5 nitrogen and oxygen atoms in total. The van der Waals surface area contributed by atoms with Gasteiger partial charge in [0.25, 0.3) is 0 Å². The lowest BCUT2D eigenvalue weighted by Crippen LogP contribution is -2.24. The van der Waals surface area contributed by atoms with Crippen molar-refractivity contribution in [1.29, 1.82) is 0 Å². The molecule has 0 radical (unpaired) electrons. The Kier molecular flexibility index (Phi) is 6.62. The molecule has 0 aliphatic carbocycles. The van der Waals surface area contributed by atoms with Gasteiger partial charge in [-0.05, 0) is 23.8 Å². The van der Waals surface area contributed by atoms with Crippen molar-refractivity contribution >= 4 is 21.9 Å². The standard InChI is InChI=1S/C21H19BrF3N3O2/c1-28-12-14(20(27-28)16-4-2-3-5-17(16)22)11-26-18(10-19(29)30)13-6-8-15(9-7-13)21(23,24)25/h2-9,12,18,26H,10-11H2,1H3,(H,29,30). The second-order valence-electron chi connectivity index (χ2n) is 6.81. The first-order valence-corrected chi connectivity index (χ1v) is 9.84. The van der Waals surface area contributed by atoms with Crippen molar-refractivity contribution in [3.05, 3.63) is 75.9 Å². The molecule has 30 heavy (non-hydrogen) atoms. The number of carboxylic acids is 1. The SMILES string of the molecule is Cn1cc(CNC(CC(=O)O)c2ccc(C(F)(F)F)cc2)c(-c2ccccc2Br)n1. The van der Waals surface area contributed by atoms with Crippen LogP contribution in [0.1, 0.15) is 29.2 Å². The number of alkyl halides is 3.